The van der Waals surface area contributed by atoms with E-state index in [-0.39, 0.29) is 5.78 Å². The average Bonchev–Trinajstić information content (AvgIpc) is 2.50. The molecule has 0 spiro atoms. The number of ketones is 1. The van der Waals surface area contributed by atoms with Gasteiger partial charge in [0.25, 0.3) is 0 Å². The normalized spacial score (nSPS) is 14.7. The van der Waals surface area contributed by atoms with Crippen LogP contribution in [0.4, 0.5) is 0 Å². The van der Waals surface area contributed by atoms with Crippen LogP contribution in [0.3, 0.4) is 0 Å². The van der Waals surface area contributed by atoms with Crippen LogP contribution in [0.2, 0.25) is 0 Å². The van der Waals surface area contributed by atoms with Crippen LogP contribution in [-0.4, -0.2) is 5.78 Å². The van der Waals surface area contributed by atoms with Gasteiger partial charge in [0.2, 0.25) is 0 Å². The minimum Gasteiger partial charge on any atom is -0.294 e. The topological polar surface area (TPSA) is 17.1 Å². The van der Waals surface area contributed by atoms with Crippen molar-refractivity contribution in [1.29, 1.82) is 0 Å². The van der Waals surface area contributed by atoms with E-state index in [0.29, 0.717) is 6.42 Å². The first-order chi connectivity index (χ1) is 9.83. The molecule has 0 N–H and O–H groups in total. The lowest BCUT2D eigenvalue weighted by atomic mass is 9.83. The number of aryl methyl sites for hydroxylation is 1. The second-order valence-corrected chi connectivity index (χ2v) is 5.69. The fourth-order valence-corrected chi connectivity index (χ4v) is 3.73. The van der Waals surface area contributed by atoms with E-state index < -0.39 is 0 Å². The van der Waals surface area contributed by atoms with Gasteiger partial charge >= 0.3 is 0 Å². The molecule has 20 heavy (non-hydrogen) atoms. The van der Waals surface area contributed by atoms with Crippen LogP contribution in [0.1, 0.15) is 22.3 Å². The molecule has 1 aliphatic rings. The van der Waals surface area contributed by atoms with Gasteiger partial charge in [-0.25, -0.2) is 0 Å². The predicted molar refractivity (Wildman–Crippen MR) is 82.8 cm³/mol. The first-order valence-corrected chi connectivity index (χ1v) is 7.05. The quantitative estimate of drug-likeness (QED) is 0.416. The van der Waals surface area contributed by atoms with E-state index in [0.717, 1.165) is 12.0 Å². The molecule has 0 bridgehead atoms. The highest BCUT2D eigenvalue weighted by Gasteiger charge is 2.22. The summed E-state index contributed by atoms with van der Waals surface area (Å²) in [7, 11) is 0. The number of hydrogen-bond acceptors (Lipinski definition) is 1. The molecule has 5 rings (SSSR count). The standard InChI is InChI=1S/C19H12O/c20-16-9-8-12-5-7-13-6-4-11-2-1-3-14-10-15(16)18(12)19(13)17(11)14/h1-7,10H,8-9H2. The molecule has 1 heteroatoms. The minimum atomic E-state index is 0.288. The lowest BCUT2D eigenvalue weighted by Crippen LogP contribution is -2.10. The lowest BCUT2D eigenvalue weighted by Gasteiger charge is -2.20. The summed E-state index contributed by atoms with van der Waals surface area (Å²) >= 11 is 0. The highest BCUT2D eigenvalue weighted by atomic mass is 16.1. The van der Waals surface area contributed by atoms with E-state index >= 15 is 0 Å². The maximum absolute atomic E-state index is 12.3. The molecule has 0 unspecified atom stereocenters. The van der Waals surface area contributed by atoms with E-state index in [1.54, 1.807) is 0 Å². The molecule has 0 atom stereocenters. The Labute approximate surface area is 116 Å². The molecule has 0 saturated heterocycles. The van der Waals surface area contributed by atoms with Crippen molar-refractivity contribution in [2.24, 2.45) is 0 Å². The average molecular weight is 256 g/mol. The highest BCUT2D eigenvalue weighted by Crippen LogP contribution is 2.40. The number of benzene rings is 4. The zero-order valence-corrected chi connectivity index (χ0v) is 10.9. The Morgan fingerprint density at radius 1 is 0.700 bits per heavy atom. The van der Waals surface area contributed by atoms with Gasteiger partial charge in [0, 0.05) is 12.0 Å². The number of Topliss-reactive ketones (excluding diaryl/α,β-unsaturated/α-hetero) is 1. The second kappa shape index (κ2) is 3.37. The molecule has 4 aromatic rings. The summed E-state index contributed by atoms with van der Waals surface area (Å²) in [6.07, 6.45) is 1.52. The van der Waals surface area contributed by atoms with Crippen molar-refractivity contribution in [3.63, 3.8) is 0 Å². The molecular formula is C19H12O. The van der Waals surface area contributed by atoms with Crippen LogP contribution in [-0.2, 0) is 6.42 Å². The highest BCUT2D eigenvalue weighted by molar-refractivity contribution is 6.28. The first-order valence-electron chi connectivity index (χ1n) is 7.05. The summed E-state index contributed by atoms with van der Waals surface area (Å²) in [5, 5.41) is 7.47. The van der Waals surface area contributed by atoms with Crippen LogP contribution in [0, 0.1) is 0 Å². The molecule has 0 radical (unpaired) electrons. The largest absolute Gasteiger partial charge is 0.294 e. The van der Waals surface area contributed by atoms with Crippen molar-refractivity contribution in [2.75, 3.05) is 0 Å². The molecule has 1 aliphatic carbocycles. The van der Waals surface area contributed by atoms with Gasteiger partial charge in [0.15, 0.2) is 5.78 Å². The zero-order valence-electron chi connectivity index (χ0n) is 10.9. The molecule has 0 heterocycles. The molecule has 0 amide bonds. The molecule has 0 aromatic heterocycles. The van der Waals surface area contributed by atoms with Crippen molar-refractivity contribution in [3.8, 4) is 0 Å². The molecule has 0 saturated carbocycles. The Kier molecular flexibility index (Phi) is 1.75. The summed E-state index contributed by atoms with van der Waals surface area (Å²) in [5.74, 6) is 0.288. The summed E-state index contributed by atoms with van der Waals surface area (Å²) in [6, 6.07) is 17.2. The molecule has 94 valence electrons. The van der Waals surface area contributed by atoms with Crippen LogP contribution in [0.5, 0.6) is 0 Å². The Morgan fingerprint density at radius 3 is 2.35 bits per heavy atom. The molecule has 1 nitrogen and oxygen atoms in total. The molecule has 0 aliphatic heterocycles. The third kappa shape index (κ3) is 1.11. The van der Waals surface area contributed by atoms with E-state index in [1.807, 2.05) is 0 Å². The summed E-state index contributed by atoms with van der Waals surface area (Å²) in [6.45, 7) is 0. The maximum atomic E-state index is 12.3. The molecule has 0 fully saturated rings. The van der Waals surface area contributed by atoms with Crippen LogP contribution in [0.15, 0.2) is 48.5 Å². The third-order valence-corrected chi connectivity index (χ3v) is 4.64. The SMILES string of the molecule is O=C1CCc2ccc3ccc4cccc5cc1c2c3c45. The van der Waals surface area contributed by atoms with E-state index in [4.69, 9.17) is 0 Å². The van der Waals surface area contributed by atoms with Gasteiger partial charge in [-0.2, -0.15) is 0 Å². The zero-order chi connectivity index (χ0) is 13.3. The van der Waals surface area contributed by atoms with E-state index in [2.05, 4.69) is 48.5 Å². The summed E-state index contributed by atoms with van der Waals surface area (Å²) < 4.78 is 0. The third-order valence-electron chi connectivity index (χ3n) is 4.64. The number of rotatable bonds is 0. The number of carbonyl (C=O) groups excluding carboxylic acids is 1. The lowest BCUT2D eigenvalue weighted by molar-refractivity contribution is 0.0982. The predicted octanol–water partition coefficient (Wildman–Crippen LogP) is 4.71. The van der Waals surface area contributed by atoms with Crippen molar-refractivity contribution in [1.82, 2.24) is 0 Å². The fourth-order valence-electron chi connectivity index (χ4n) is 3.73. The Balaban J connectivity index is 2.22. The van der Waals surface area contributed by atoms with Crippen LogP contribution >= 0.6 is 0 Å². The first kappa shape index (κ1) is 10.4. The van der Waals surface area contributed by atoms with Gasteiger partial charge in [0.05, 0.1) is 0 Å². The van der Waals surface area contributed by atoms with Gasteiger partial charge in [-0.3, -0.25) is 4.79 Å². The fraction of sp³-hybridized carbons (Fsp3) is 0.105. The van der Waals surface area contributed by atoms with Gasteiger partial charge in [-0.15, -0.1) is 0 Å². The minimum absolute atomic E-state index is 0.288. The number of hydrogen-bond donors (Lipinski definition) is 0. The smallest absolute Gasteiger partial charge is 0.163 e. The van der Waals surface area contributed by atoms with Crippen molar-refractivity contribution in [3.05, 3.63) is 59.7 Å². The van der Waals surface area contributed by atoms with Crippen LogP contribution in [0.25, 0.3) is 32.3 Å². The summed E-state index contributed by atoms with van der Waals surface area (Å²) in [4.78, 5) is 12.3. The van der Waals surface area contributed by atoms with Crippen molar-refractivity contribution in [2.45, 2.75) is 12.8 Å². The Hall–Kier alpha value is -2.41. The Morgan fingerprint density at radius 2 is 1.45 bits per heavy atom. The van der Waals surface area contributed by atoms with Gasteiger partial charge in [-0.1, -0.05) is 42.5 Å². The van der Waals surface area contributed by atoms with E-state index in [1.165, 1.54) is 37.9 Å². The second-order valence-electron chi connectivity index (χ2n) is 5.69. The maximum Gasteiger partial charge on any atom is 0.163 e. The van der Waals surface area contributed by atoms with E-state index in [9.17, 15) is 4.79 Å². The van der Waals surface area contributed by atoms with Gasteiger partial charge < -0.3 is 0 Å². The van der Waals surface area contributed by atoms with Crippen LogP contribution < -0.4 is 0 Å². The van der Waals surface area contributed by atoms with Gasteiger partial charge in [-0.05, 0) is 50.4 Å². The van der Waals surface area contributed by atoms with Crippen molar-refractivity contribution >= 4 is 38.1 Å². The summed E-state index contributed by atoms with van der Waals surface area (Å²) in [5.41, 5.74) is 2.24. The Bertz CT molecular complexity index is 1010. The molecule has 4 aromatic carbocycles. The van der Waals surface area contributed by atoms with Crippen molar-refractivity contribution < 1.29 is 4.79 Å². The molecular weight excluding hydrogens is 244 g/mol. The number of carbonyl (C=O) groups is 1. The monoisotopic (exact) mass is 256 g/mol. The van der Waals surface area contributed by atoms with Gasteiger partial charge in [0.1, 0.15) is 0 Å².